The summed E-state index contributed by atoms with van der Waals surface area (Å²) in [5.41, 5.74) is 7.71. The Balaban J connectivity index is 1.46. The molecule has 2 saturated heterocycles. The standard InChI is InChI=1S/C32H44FN9O3/c1-7-26(44-21(4)25-13-23(33)17-41(25)6)38-31(42-11-12-43-18-19(2)16-42)37-20(3)29-39-30(45-40-29)32(5)10-8-9-22-15-36-28(35)24(14-34)27(22)32/h15,19,21,23,25H,3,7-13,16-18H2,1-2,4-6H3,(H2,35,36)/b37-31?,38-26+/t19-,21+,23-,25?,32+/m1/s1. The van der Waals surface area contributed by atoms with Crippen LogP contribution in [-0.4, -0.2) is 95.0 Å². The smallest absolute Gasteiger partial charge is 0.237 e. The summed E-state index contributed by atoms with van der Waals surface area (Å²) in [4.78, 5) is 22.7. The molecule has 4 heterocycles. The second kappa shape index (κ2) is 13.6. The van der Waals surface area contributed by atoms with Gasteiger partial charge in [-0.05, 0) is 63.6 Å². The first-order chi connectivity index (χ1) is 21.5. The molecule has 0 aromatic carbocycles. The van der Waals surface area contributed by atoms with Gasteiger partial charge in [0.2, 0.25) is 17.7 Å². The third kappa shape index (κ3) is 6.87. The lowest BCUT2D eigenvalue weighted by Gasteiger charge is -2.33. The summed E-state index contributed by atoms with van der Waals surface area (Å²) in [5.74, 6) is 1.92. The number of likely N-dealkylation sites (tertiary alicyclic amines) is 1. The largest absolute Gasteiger partial charge is 0.476 e. The molecule has 12 nitrogen and oxygen atoms in total. The highest BCUT2D eigenvalue weighted by atomic mass is 19.1. The molecule has 2 aromatic heterocycles. The van der Waals surface area contributed by atoms with E-state index in [1.54, 1.807) is 6.20 Å². The van der Waals surface area contributed by atoms with E-state index in [0.29, 0.717) is 75.4 Å². The van der Waals surface area contributed by atoms with E-state index >= 15 is 0 Å². The molecule has 0 bridgehead atoms. The Kier molecular flexibility index (Phi) is 9.84. The molecular weight excluding hydrogens is 577 g/mol. The molecule has 3 aliphatic rings. The number of anilines is 1. The predicted molar refractivity (Wildman–Crippen MR) is 169 cm³/mol. The lowest BCUT2D eigenvalue weighted by Crippen LogP contribution is -2.38. The number of nitrogens with zero attached hydrogens (tertiary/aromatic N) is 8. The Morgan fingerprint density at radius 1 is 1.38 bits per heavy atom. The highest BCUT2D eigenvalue weighted by molar-refractivity contribution is 5.95. The molecule has 5 rings (SSSR count). The molecule has 0 spiro atoms. The fourth-order valence-electron chi connectivity index (χ4n) is 6.64. The van der Waals surface area contributed by atoms with Crippen molar-refractivity contribution in [3.05, 3.63) is 41.2 Å². The summed E-state index contributed by atoms with van der Waals surface area (Å²) >= 11 is 0. The van der Waals surface area contributed by atoms with Gasteiger partial charge >= 0.3 is 0 Å². The van der Waals surface area contributed by atoms with E-state index in [0.717, 1.165) is 24.0 Å². The number of rotatable bonds is 6. The highest BCUT2D eigenvalue weighted by Gasteiger charge is 2.42. The van der Waals surface area contributed by atoms with Crippen molar-refractivity contribution in [1.29, 1.82) is 5.26 Å². The first kappa shape index (κ1) is 32.5. The van der Waals surface area contributed by atoms with Gasteiger partial charge in [-0.25, -0.2) is 14.4 Å². The Labute approximate surface area is 264 Å². The maximum absolute atomic E-state index is 14.1. The Morgan fingerprint density at radius 2 is 2.18 bits per heavy atom. The minimum Gasteiger partial charge on any atom is -0.476 e. The van der Waals surface area contributed by atoms with Crippen molar-refractivity contribution in [3.8, 4) is 6.07 Å². The van der Waals surface area contributed by atoms with Crippen molar-refractivity contribution in [3.63, 3.8) is 0 Å². The van der Waals surface area contributed by atoms with Crippen LogP contribution in [0.2, 0.25) is 0 Å². The van der Waals surface area contributed by atoms with Crippen molar-refractivity contribution >= 4 is 23.4 Å². The summed E-state index contributed by atoms with van der Waals surface area (Å²) in [6.07, 6.45) is 3.91. The van der Waals surface area contributed by atoms with Gasteiger partial charge in [-0.15, -0.1) is 0 Å². The molecule has 2 aliphatic heterocycles. The van der Waals surface area contributed by atoms with E-state index < -0.39 is 11.6 Å². The number of alkyl halides is 1. The number of ether oxygens (including phenoxy) is 2. The van der Waals surface area contributed by atoms with Crippen LogP contribution >= 0.6 is 0 Å². The monoisotopic (exact) mass is 621 g/mol. The number of nitrogen functional groups attached to an aromatic ring is 1. The van der Waals surface area contributed by atoms with Gasteiger partial charge in [-0.1, -0.05) is 25.6 Å². The first-order valence-corrected chi connectivity index (χ1v) is 15.7. The fourth-order valence-corrected chi connectivity index (χ4v) is 6.64. The van der Waals surface area contributed by atoms with Crippen LogP contribution in [0.4, 0.5) is 10.2 Å². The lowest BCUT2D eigenvalue weighted by molar-refractivity contribution is 0.109. The SMILES string of the molecule is C=C(N=C(/N=C(\CC)O[C@@H](C)C1C[C@@H](F)CN1C)N1CCOC[C@H](C)C1)c1noc([C@@]2(C)CCCc3cnc(N)c(C#N)c32)n1. The Hall–Kier alpha value is -3.89. The molecule has 0 amide bonds. The van der Waals surface area contributed by atoms with E-state index in [1.165, 1.54) is 0 Å². The molecule has 0 radical (unpaired) electrons. The zero-order valence-electron chi connectivity index (χ0n) is 26.9. The molecule has 5 atom stereocenters. The van der Waals surface area contributed by atoms with E-state index in [1.807, 2.05) is 32.7 Å². The van der Waals surface area contributed by atoms with Crippen LogP contribution in [-0.2, 0) is 21.3 Å². The van der Waals surface area contributed by atoms with Crippen molar-refractivity contribution in [1.82, 2.24) is 24.9 Å². The van der Waals surface area contributed by atoms with Gasteiger partial charge in [-0.3, -0.25) is 4.90 Å². The number of nitrogens with two attached hydrogens (primary N) is 1. The van der Waals surface area contributed by atoms with Crippen LogP contribution in [0.15, 0.2) is 27.3 Å². The molecule has 1 aliphatic carbocycles. The molecule has 2 aromatic rings. The topological polar surface area (TPSA) is 151 Å². The maximum Gasteiger partial charge on any atom is 0.237 e. The molecule has 45 heavy (non-hydrogen) atoms. The number of aryl methyl sites for hydroxylation is 1. The van der Waals surface area contributed by atoms with E-state index in [-0.39, 0.29) is 35.4 Å². The number of aromatic nitrogens is 3. The van der Waals surface area contributed by atoms with Crippen molar-refractivity contribution in [2.24, 2.45) is 15.9 Å². The quantitative estimate of drug-likeness (QED) is 0.369. The first-order valence-electron chi connectivity index (χ1n) is 15.7. The molecule has 242 valence electrons. The van der Waals surface area contributed by atoms with Gasteiger partial charge in [0.25, 0.3) is 0 Å². The van der Waals surface area contributed by atoms with E-state index in [2.05, 4.69) is 34.6 Å². The number of likely N-dealkylation sites (N-methyl/N-ethyl adjacent to an activating group) is 1. The van der Waals surface area contributed by atoms with Crippen molar-refractivity contribution < 1.29 is 18.4 Å². The number of aliphatic imine (C=N–C) groups is 2. The van der Waals surface area contributed by atoms with Crippen LogP contribution in [0.3, 0.4) is 0 Å². The molecular formula is C32H44FN9O3. The summed E-state index contributed by atoms with van der Waals surface area (Å²) in [7, 11) is 1.92. The summed E-state index contributed by atoms with van der Waals surface area (Å²) in [6, 6.07) is 2.18. The summed E-state index contributed by atoms with van der Waals surface area (Å²) in [5, 5.41) is 14.2. The number of pyridine rings is 1. The van der Waals surface area contributed by atoms with Crippen LogP contribution in [0.25, 0.3) is 5.70 Å². The normalized spacial score (nSPS) is 27.0. The van der Waals surface area contributed by atoms with Gasteiger partial charge in [0.1, 0.15) is 29.9 Å². The maximum atomic E-state index is 14.1. The van der Waals surface area contributed by atoms with Crippen LogP contribution in [0.5, 0.6) is 0 Å². The van der Waals surface area contributed by atoms with Crippen molar-refractivity contribution in [2.75, 3.05) is 45.6 Å². The molecule has 1 unspecified atom stereocenters. The third-order valence-electron chi connectivity index (χ3n) is 9.03. The zero-order valence-corrected chi connectivity index (χ0v) is 26.9. The molecule has 2 fully saturated rings. The van der Waals surface area contributed by atoms with E-state index in [4.69, 9.17) is 34.7 Å². The number of halogens is 1. The molecule has 2 N–H and O–H groups in total. The number of guanidine groups is 1. The van der Waals surface area contributed by atoms with Crippen molar-refractivity contribution in [2.45, 2.75) is 83.5 Å². The van der Waals surface area contributed by atoms with Gasteiger partial charge < -0.3 is 24.6 Å². The van der Waals surface area contributed by atoms with Gasteiger partial charge in [0, 0.05) is 38.3 Å². The van der Waals surface area contributed by atoms with Gasteiger partial charge in [-0.2, -0.15) is 15.2 Å². The average Bonchev–Trinajstić information content (AvgIpc) is 3.58. The highest BCUT2D eigenvalue weighted by Crippen LogP contribution is 2.44. The predicted octanol–water partition coefficient (Wildman–Crippen LogP) is 4.11. The zero-order chi connectivity index (χ0) is 32.3. The Bertz CT molecular complexity index is 1500. The van der Waals surface area contributed by atoms with Gasteiger partial charge in [0.05, 0.1) is 24.2 Å². The summed E-state index contributed by atoms with van der Waals surface area (Å²) in [6.45, 7) is 15.0. The average molecular weight is 622 g/mol. The summed E-state index contributed by atoms with van der Waals surface area (Å²) < 4.78 is 32.0. The van der Waals surface area contributed by atoms with Crippen LogP contribution in [0, 0.1) is 17.2 Å². The minimum absolute atomic E-state index is 0.0459. The second-order valence-electron chi connectivity index (χ2n) is 12.6. The third-order valence-corrected chi connectivity index (χ3v) is 9.03. The molecule has 13 heteroatoms. The number of hydrogen-bond donors (Lipinski definition) is 1. The lowest BCUT2D eigenvalue weighted by atomic mass is 9.70. The second-order valence-corrected chi connectivity index (χ2v) is 12.6. The van der Waals surface area contributed by atoms with E-state index in [9.17, 15) is 9.65 Å². The molecule has 0 saturated carbocycles. The minimum atomic E-state index is -0.864. The fraction of sp³-hybridized carbons (Fsp3) is 0.625. The van der Waals surface area contributed by atoms with Crippen LogP contribution < -0.4 is 5.73 Å². The number of nitriles is 1. The van der Waals surface area contributed by atoms with Crippen LogP contribution in [0.1, 0.15) is 81.8 Å². The number of fused-ring (bicyclic) bond motifs is 1. The van der Waals surface area contributed by atoms with Gasteiger partial charge in [0.15, 0.2) is 5.90 Å². The Morgan fingerprint density at radius 3 is 2.89 bits per heavy atom. The number of hydrogen-bond acceptors (Lipinski definition) is 10.